The topological polar surface area (TPSA) is 94.9 Å². The van der Waals surface area contributed by atoms with E-state index in [0.29, 0.717) is 37.2 Å². The molecule has 2 aliphatic heterocycles. The van der Waals surface area contributed by atoms with Crippen LogP contribution in [0, 0.1) is 11.7 Å². The van der Waals surface area contributed by atoms with Gasteiger partial charge in [0.2, 0.25) is 0 Å². The zero-order valence-electron chi connectivity index (χ0n) is 18.5. The van der Waals surface area contributed by atoms with Gasteiger partial charge in [-0.25, -0.2) is 4.39 Å². The molecule has 5 rings (SSSR count). The highest BCUT2D eigenvalue weighted by Gasteiger charge is 2.49. The monoisotopic (exact) mass is 510 g/mol. The summed E-state index contributed by atoms with van der Waals surface area (Å²) in [7, 11) is 1.79. The number of aromatic hydroxyl groups is 1. The Morgan fingerprint density at radius 1 is 1.21 bits per heavy atom. The zero-order valence-corrected chi connectivity index (χ0v) is 20.1. The summed E-state index contributed by atoms with van der Waals surface area (Å²) in [5.41, 5.74) is 0.454. The Bertz CT molecular complexity index is 1230. The van der Waals surface area contributed by atoms with Crippen LogP contribution in [0.15, 0.2) is 23.0 Å². The Morgan fingerprint density at radius 2 is 1.94 bits per heavy atom. The highest BCUT2D eigenvalue weighted by Crippen LogP contribution is 2.46. The number of halogens is 3. The van der Waals surface area contributed by atoms with Crippen LogP contribution in [0.5, 0.6) is 5.75 Å². The quantitative estimate of drug-likeness (QED) is 0.622. The summed E-state index contributed by atoms with van der Waals surface area (Å²) < 4.78 is 14.9. The predicted octanol–water partition coefficient (Wildman–Crippen LogP) is 2.55. The number of hydrogen-bond acceptors (Lipinski definition) is 5. The van der Waals surface area contributed by atoms with Crippen molar-refractivity contribution in [3.8, 4) is 5.75 Å². The Morgan fingerprint density at radius 3 is 2.59 bits per heavy atom. The number of carbonyl (C=O) groups excluding carboxylic acids is 2. The summed E-state index contributed by atoms with van der Waals surface area (Å²) in [5.74, 6) is -1.81. The third-order valence-corrected chi connectivity index (χ3v) is 6.96. The Kier molecular flexibility index (Phi) is 6.63. The molecule has 3 heterocycles. The molecule has 8 nitrogen and oxygen atoms in total. The minimum atomic E-state index is -0.707. The van der Waals surface area contributed by atoms with Crippen molar-refractivity contribution in [3.05, 3.63) is 61.8 Å². The van der Waals surface area contributed by atoms with Gasteiger partial charge in [-0.15, -0.1) is 12.4 Å². The minimum absolute atomic E-state index is 0. The molecule has 0 unspecified atom stereocenters. The summed E-state index contributed by atoms with van der Waals surface area (Å²) in [6.07, 6.45) is 1.70. The Balaban J connectivity index is 0.00000274. The maximum Gasteiger partial charge on any atom is 0.295 e. The molecule has 2 amide bonds. The molecule has 182 valence electrons. The number of rotatable bonds is 6. The van der Waals surface area contributed by atoms with Crippen LogP contribution in [0.4, 0.5) is 4.39 Å². The lowest BCUT2D eigenvalue weighted by molar-refractivity contribution is 0.0669. The number of amides is 2. The van der Waals surface area contributed by atoms with Gasteiger partial charge in [-0.3, -0.25) is 19.0 Å². The van der Waals surface area contributed by atoms with Gasteiger partial charge in [0.05, 0.1) is 10.6 Å². The molecule has 1 atom stereocenters. The van der Waals surface area contributed by atoms with Gasteiger partial charge in [-0.1, -0.05) is 17.7 Å². The summed E-state index contributed by atoms with van der Waals surface area (Å²) >= 11 is 5.86. The van der Waals surface area contributed by atoms with Crippen molar-refractivity contribution < 1.29 is 19.1 Å². The van der Waals surface area contributed by atoms with Crippen LogP contribution in [-0.4, -0.2) is 58.0 Å². The largest absolute Gasteiger partial charge is 0.502 e. The molecule has 0 bridgehead atoms. The van der Waals surface area contributed by atoms with E-state index in [1.165, 1.54) is 27.7 Å². The van der Waals surface area contributed by atoms with Gasteiger partial charge in [0.15, 0.2) is 5.75 Å². The van der Waals surface area contributed by atoms with Crippen LogP contribution >= 0.6 is 24.0 Å². The third-order valence-electron chi connectivity index (χ3n) is 6.67. The molecular formula is C23H25Cl2FN4O4. The van der Waals surface area contributed by atoms with Crippen LogP contribution < -0.4 is 10.9 Å². The van der Waals surface area contributed by atoms with E-state index in [1.807, 2.05) is 0 Å². The number of pyridine rings is 1. The second kappa shape index (κ2) is 9.20. The smallest absolute Gasteiger partial charge is 0.295 e. The van der Waals surface area contributed by atoms with Gasteiger partial charge in [0.1, 0.15) is 17.7 Å². The molecule has 1 aliphatic carbocycles. The summed E-state index contributed by atoms with van der Waals surface area (Å²) in [5, 5.41) is 13.8. The Labute approximate surface area is 206 Å². The minimum Gasteiger partial charge on any atom is -0.502 e. The van der Waals surface area contributed by atoms with Gasteiger partial charge >= 0.3 is 0 Å². The lowest BCUT2D eigenvalue weighted by Gasteiger charge is -2.30. The van der Waals surface area contributed by atoms with Crippen LogP contribution in [0.1, 0.15) is 51.0 Å². The summed E-state index contributed by atoms with van der Waals surface area (Å²) in [6.45, 7) is 1.43. The molecule has 0 spiro atoms. The van der Waals surface area contributed by atoms with E-state index in [0.717, 1.165) is 12.8 Å². The summed E-state index contributed by atoms with van der Waals surface area (Å²) in [6, 6.07) is 4.21. The first-order chi connectivity index (χ1) is 15.8. The van der Waals surface area contributed by atoms with Crippen LogP contribution in [0.25, 0.3) is 0 Å². The first kappa shape index (κ1) is 24.5. The average molecular weight is 511 g/mol. The average Bonchev–Trinajstić information content (AvgIpc) is 3.58. The molecule has 1 aromatic heterocycles. The van der Waals surface area contributed by atoms with Gasteiger partial charge in [-0.05, 0) is 49.9 Å². The van der Waals surface area contributed by atoms with Gasteiger partial charge in [0.25, 0.3) is 17.4 Å². The lowest BCUT2D eigenvalue weighted by Crippen LogP contribution is -2.40. The molecule has 2 aromatic rings. The number of nitrogens with one attached hydrogen (secondary N) is 1. The first-order valence-electron chi connectivity index (χ1n) is 11.0. The van der Waals surface area contributed by atoms with E-state index in [2.05, 4.69) is 5.32 Å². The van der Waals surface area contributed by atoms with Crippen molar-refractivity contribution in [2.75, 3.05) is 26.7 Å². The number of fused-ring (bicyclic) bond motifs is 3. The molecule has 1 fully saturated rings. The third kappa shape index (κ3) is 3.85. The SMILES string of the molecule is CNCCN1C(=O)c2c3c(c(O)c(=O)n2[C@H]1C1CC1)C(=O)N(Cc1ccc(F)c(Cl)c1)CC3.Cl. The zero-order chi connectivity index (χ0) is 23.4. The molecule has 1 saturated carbocycles. The predicted molar refractivity (Wildman–Crippen MR) is 126 cm³/mol. The normalized spacial score (nSPS) is 19.2. The molecule has 1 aromatic carbocycles. The van der Waals surface area contributed by atoms with E-state index >= 15 is 0 Å². The van der Waals surface area contributed by atoms with Crippen molar-refractivity contribution in [2.45, 2.75) is 32.0 Å². The van der Waals surface area contributed by atoms with Crippen molar-refractivity contribution in [1.82, 2.24) is 19.7 Å². The highest BCUT2D eigenvalue weighted by molar-refractivity contribution is 6.30. The molecular weight excluding hydrogens is 486 g/mol. The van der Waals surface area contributed by atoms with Crippen LogP contribution in [-0.2, 0) is 13.0 Å². The molecule has 11 heteroatoms. The molecule has 34 heavy (non-hydrogen) atoms. The first-order valence-corrected chi connectivity index (χ1v) is 11.4. The van der Waals surface area contributed by atoms with Crippen molar-refractivity contribution in [3.63, 3.8) is 0 Å². The lowest BCUT2D eigenvalue weighted by atomic mass is 9.95. The number of likely N-dealkylation sites (N-methyl/N-ethyl adjacent to an activating group) is 1. The van der Waals surface area contributed by atoms with Crippen LogP contribution in [0.2, 0.25) is 5.02 Å². The van der Waals surface area contributed by atoms with Gasteiger partial charge in [-0.2, -0.15) is 0 Å². The van der Waals surface area contributed by atoms with Crippen molar-refractivity contribution in [2.24, 2.45) is 5.92 Å². The van der Waals surface area contributed by atoms with E-state index in [-0.39, 0.29) is 47.1 Å². The number of nitrogens with zero attached hydrogens (tertiary/aromatic N) is 3. The van der Waals surface area contributed by atoms with Crippen LogP contribution in [0.3, 0.4) is 0 Å². The maximum atomic E-state index is 13.5. The molecule has 0 saturated heterocycles. The van der Waals surface area contributed by atoms with Crippen molar-refractivity contribution >= 4 is 35.8 Å². The fourth-order valence-electron chi connectivity index (χ4n) is 4.92. The van der Waals surface area contributed by atoms with E-state index < -0.39 is 29.2 Å². The molecule has 0 radical (unpaired) electrons. The van der Waals surface area contributed by atoms with Crippen molar-refractivity contribution in [1.29, 1.82) is 0 Å². The van der Waals surface area contributed by atoms with Gasteiger partial charge in [0, 0.05) is 31.7 Å². The molecule has 2 N–H and O–H groups in total. The second-order valence-corrected chi connectivity index (χ2v) is 9.21. The number of aromatic nitrogens is 1. The van der Waals surface area contributed by atoms with E-state index in [9.17, 15) is 23.9 Å². The Hall–Kier alpha value is -2.62. The number of carbonyl (C=O) groups is 2. The highest BCUT2D eigenvalue weighted by atomic mass is 35.5. The number of benzene rings is 1. The second-order valence-electron chi connectivity index (χ2n) is 8.80. The molecule has 3 aliphatic rings. The summed E-state index contributed by atoms with van der Waals surface area (Å²) in [4.78, 5) is 43.1. The number of hydrogen-bond donors (Lipinski definition) is 2. The standard InChI is InChI=1S/C23H24ClFN4O4.ClH/c1-26-7-9-28-20(13-3-4-13)29-18(22(28)32)14-6-8-27(21(31)17(14)19(30)23(29)33)11-12-2-5-16(25)15(24)10-12;/h2,5,10,13,20,26,30H,3-4,6-9,11H2,1H3;1H/t20-;/m0./s1. The fraction of sp³-hybridized carbons (Fsp3) is 0.435. The van der Waals surface area contributed by atoms with E-state index in [4.69, 9.17) is 11.6 Å². The fourth-order valence-corrected chi connectivity index (χ4v) is 5.13. The van der Waals surface area contributed by atoms with E-state index in [1.54, 1.807) is 11.9 Å². The van der Waals surface area contributed by atoms with Gasteiger partial charge < -0.3 is 20.2 Å². The maximum absolute atomic E-state index is 13.5.